The second-order valence-electron chi connectivity index (χ2n) is 6.75. The summed E-state index contributed by atoms with van der Waals surface area (Å²) in [5.74, 6) is 1.17. The lowest BCUT2D eigenvalue weighted by Crippen LogP contribution is -2.31. The Morgan fingerprint density at radius 2 is 1.72 bits per heavy atom. The smallest absolute Gasteiger partial charge is 0.344 e. The lowest BCUT2D eigenvalue weighted by atomic mass is 10.1. The Morgan fingerprint density at radius 1 is 1.00 bits per heavy atom. The first-order chi connectivity index (χ1) is 14.0. The number of hydrogen-bond donors (Lipinski definition) is 1. The van der Waals surface area contributed by atoms with Crippen LogP contribution >= 0.6 is 0 Å². The van der Waals surface area contributed by atoms with Crippen molar-refractivity contribution in [2.24, 2.45) is 0 Å². The molecule has 1 amide bonds. The Bertz CT molecular complexity index is 859. The summed E-state index contributed by atoms with van der Waals surface area (Å²) in [5, 5.41) is 2.73. The molecule has 2 aromatic carbocycles. The first-order valence-corrected chi connectivity index (χ1v) is 9.53. The average Bonchev–Trinajstić information content (AvgIpc) is 2.72. The molecule has 0 spiro atoms. The number of ether oxygens (including phenoxy) is 4. The van der Waals surface area contributed by atoms with Crippen molar-refractivity contribution in [2.75, 3.05) is 33.0 Å². The molecule has 154 valence electrons. The molecule has 0 unspecified atom stereocenters. The lowest BCUT2D eigenvalue weighted by Gasteiger charge is -2.18. The van der Waals surface area contributed by atoms with E-state index in [1.807, 2.05) is 50.2 Å². The van der Waals surface area contributed by atoms with Crippen LogP contribution < -0.4 is 19.5 Å². The summed E-state index contributed by atoms with van der Waals surface area (Å²) in [6.07, 6.45) is 0.631. The molecule has 0 saturated heterocycles. The van der Waals surface area contributed by atoms with Gasteiger partial charge < -0.3 is 24.3 Å². The lowest BCUT2D eigenvalue weighted by molar-refractivity contribution is -0.150. The van der Waals surface area contributed by atoms with Crippen LogP contribution in [0, 0.1) is 13.8 Å². The van der Waals surface area contributed by atoms with Crippen molar-refractivity contribution in [3.63, 3.8) is 0 Å². The van der Waals surface area contributed by atoms with E-state index in [-0.39, 0.29) is 19.1 Å². The first-order valence-electron chi connectivity index (χ1n) is 9.53. The van der Waals surface area contributed by atoms with Crippen molar-refractivity contribution in [1.82, 2.24) is 5.32 Å². The SMILES string of the molecule is Cc1cccc(C)c1OCC(=O)OCC(=O)NCCc1ccc2c(c1)OCCO2. The van der Waals surface area contributed by atoms with Crippen molar-refractivity contribution in [1.29, 1.82) is 0 Å². The van der Waals surface area contributed by atoms with Crippen molar-refractivity contribution >= 4 is 11.9 Å². The Balaban J connectivity index is 1.35. The molecular weight excluding hydrogens is 374 g/mol. The van der Waals surface area contributed by atoms with Crippen LogP contribution in [0.1, 0.15) is 16.7 Å². The van der Waals surface area contributed by atoms with Crippen LogP contribution in [0.4, 0.5) is 0 Å². The quantitative estimate of drug-likeness (QED) is 0.686. The van der Waals surface area contributed by atoms with Crippen LogP contribution in [0.2, 0.25) is 0 Å². The average molecular weight is 399 g/mol. The van der Waals surface area contributed by atoms with Gasteiger partial charge in [0.1, 0.15) is 19.0 Å². The van der Waals surface area contributed by atoms with Crippen LogP contribution in [0.5, 0.6) is 17.2 Å². The van der Waals surface area contributed by atoms with E-state index >= 15 is 0 Å². The Morgan fingerprint density at radius 3 is 2.48 bits per heavy atom. The second kappa shape index (κ2) is 9.82. The standard InChI is InChI=1S/C22H25NO6/c1-15-4-3-5-16(2)22(15)29-14-21(25)28-13-20(24)23-9-8-17-6-7-18-19(12-17)27-11-10-26-18/h3-7,12H,8-11,13-14H2,1-2H3,(H,23,24). The molecule has 2 aromatic rings. The Labute approximate surface area is 169 Å². The molecule has 0 fully saturated rings. The number of benzene rings is 2. The van der Waals surface area contributed by atoms with Crippen molar-refractivity contribution in [3.8, 4) is 17.2 Å². The van der Waals surface area contributed by atoms with Gasteiger partial charge in [0.2, 0.25) is 0 Å². The van der Waals surface area contributed by atoms with Gasteiger partial charge >= 0.3 is 5.97 Å². The Hall–Kier alpha value is -3.22. The van der Waals surface area contributed by atoms with Gasteiger partial charge in [-0.15, -0.1) is 0 Å². The third-order valence-corrected chi connectivity index (χ3v) is 4.45. The first kappa shape index (κ1) is 20.5. The molecule has 1 heterocycles. The van der Waals surface area contributed by atoms with Gasteiger partial charge in [-0.3, -0.25) is 4.79 Å². The minimum Gasteiger partial charge on any atom is -0.486 e. The highest BCUT2D eigenvalue weighted by molar-refractivity contribution is 5.80. The molecule has 0 aromatic heterocycles. The summed E-state index contributed by atoms with van der Waals surface area (Å²) in [5.41, 5.74) is 2.90. The highest BCUT2D eigenvalue weighted by Crippen LogP contribution is 2.30. The molecule has 0 bridgehead atoms. The molecule has 1 aliphatic rings. The summed E-state index contributed by atoms with van der Waals surface area (Å²) in [6.45, 7) is 4.75. The van der Waals surface area contributed by atoms with Gasteiger partial charge in [-0.25, -0.2) is 4.79 Å². The van der Waals surface area contributed by atoms with E-state index < -0.39 is 5.97 Å². The van der Waals surface area contributed by atoms with Crippen LogP contribution in [0.15, 0.2) is 36.4 Å². The zero-order valence-electron chi connectivity index (χ0n) is 16.7. The number of aryl methyl sites for hydroxylation is 2. The monoisotopic (exact) mass is 399 g/mol. The largest absolute Gasteiger partial charge is 0.486 e. The predicted octanol–water partition coefficient (Wildman–Crippen LogP) is 2.36. The highest BCUT2D eigenvalue weighted by atomic mass is 16.6. The molecule has 0 aliphatic carbocycles. The van der Waals surface area contributed by atoms with Gasteiger partial charge in [0.15, 0.2) is 24.7 Å². The minimum absolute atomic E-state index is 0.240. The van der Waals surface area contributed by atoms with E-state index in [9.17, 15) is 9.59 Å². The van der Waals surface area contributed by atoms with Crippen LogP contribution in [0.25, 0.3) is 0 Å². The summed E-state index contributed by atoms with van der Waals surface area (Å²) in [7, 11) is 0. The number of carbonyl (C=O) groups is 2. The number of esters is 1. The van der Waals surface area contributed by atoms with Gasteiger partial charge in [-0.1, -0.05) is 24.3 Å². The van der Waals surface area contributed by atoms with Gasteiger partial charge in [0.25, 0.3) is 5.91 Å². The second-order valence-corrected chi connectivity index (χ2v) is 6.75. The molecule has 7 nitrogen and oxygen atoms in total. The van der Waals surface area contributed by atoms with Crippen LogP contribution in [-0.4, -0.2) is 44.8 Å². The van der Waals surface area contributed by atoms with Crippen molar-refractivity contribution in [2.45, 2.75) is 20.3 Å². The minimum atomic E-state index is -0.588. The Kier molecular flexibility index (Phi) is 6.94. The van der Waals surface area contributed by atoms with Gasteiger partial charge in [0, 0.05) is 6.54 Å². The number of para-hydroxylation sites is 1. The molecule has 7 heteroatoms. The summed E-state index contributed by atoms with van der Waals surface area (Å²) < 4.78 is 21.5. The van der Waals surface area contributed by atoms with Gasteiger partial charge in [-0.2, -0.15) is 0 Å². The van der Waals surface area contributed by atoms with Crippen molar-refractivity contribution < 1.29 is 28.5 Å². The van der Waals surface area contributed by atoms with E-state index in [4.69, 9.17) is 18.9 Å². The van der Waals surface area contributed by atoms with E-state index in [0.29, 0.717) is 31.9 Å². The molecular formula is C22H25NO6. The van der Waals surface area contributed by atoms with Gasteiger partial charge in [0.05, 0.1) is 0 Å². The third kappa shape index (κ3) is 5.88. The maximum Gasteiger partial charge on any atom is 0.344 e. The maximum absolute atomic E-state index is 11.9. The molecule has 1 N–H and O–H groups in total. The maximum atomic E-state index is 11.9. The fourth-order valence-corrected chi connectivity index (χ4v) is 2.99. The molecule has 0 saturated carbocycles. The number of fused-ring (bicyclic) bond motifs is 1. The summed E-state index contributed by atoms with van der Waals surface area (Å²) >= 11 is 0. The summed E-state index contributed by atoms with van der Waals surface area (Å²) in [6, 6.07) is 11.4. The van der Waals surface area contributed by atoms with E-state index in [1.165, 1.54) is 0 Å². The molecule has 3 rings (SSSR count). The molecule has 0 atom stereocenters. The fourth-order valence-electron chi connectivity index (χ4n) is 2.99. The topological polar surface area (TPSA) is 83.1 Å². The van der Waals surface area contributed by atoms with E-state index in [1.54, 1.807) is 0 Å². The molecule has 1 aliphatic heterocycles. The third-order valence-electron chi connectivity index (χ3n) is 4.45. The zero-order chi connectivity index (χ0) is 20.6. The highest BCUT2D eigenvalue weighted by Gasteiger charge is 2.13. The van der Waals surface area contributed by atoms with Crippen LogP contribution in [0.3, 0.4) is 0 Å². The predicted molar refractivity (Wildman–Crippen MR) is 107 cm³/mol. The van der Waals surface area contributed by atoms with E-state index in [2.05, 4.69) is 5.32 Å². The number of rotatable bonds is 8. The fraction of sp³-hybridized carbons (Fsp3) is 0.364. The van der Waals surface area contributed by atoms with Crippen LogP contribution in [-0.2, 0) is 20.7 Å². The van der Waals surface area contributed by atoms with Crippen molar-refractivity contribution in [3.05, 3.63) is 53.1 Å². The number of amides is 1. The zero-order valence-corrected chi connectivity index (χ0v) is 16.7. The van der Waals surface area contributed by atoms with Gasteiger partial charge in [-0.05, 0) is 49.1 Å². The number of carbonyl (C=O) groups excluding carboxylic acids is 2. The summed E-state index contributed by atoms with van der Waals surface area (Å²) in [4.78, 5) is 23.7. The number of nitrogens with one attached hydrogen (secondary N) is 1. The molecule has 29 heavy (non-hydrogen) atoms. The molecule has 0 radical (unpaired) electrons. The van der Waals surface area contributed by atoms with E-state index in [0.717, 1.165) is 28.2 Å². The number of hydrogen-bond acceptors (Lipinski definition) is 6. The normalized spacial score (nSPS) is 12.2.